The van der Waals surface area contributed by atoms with Crippen LogP contribution in [-0.4, -0.2) is 21.2 Å². The van der Waals surface area contributed by atoms with Gasteiger partial charge in [-0.3, -0.25) is 4.79 Å². The third kappa shape index (κ3) is 4.02. The van der Waals surface area contributed by atoms with E-state index in [9.17, 15) is 25.4 Å². The Morgan fingerprint density at radius 1 is 1.03 bits per heavy atom. The van der Waals surface area contributed by atoms with Crippen molar-refractivity contribution in [2.75, 3.05) is 5.32 Å². The number of amides is 1. The van der Waals surface area contributed by atoms with Crippen molar-refractivity contribution in [1.82, 2.24) is 0 Å². The van der Waals surface area contributed by atoms with Crippen molar-refractivity contribution in [3.63, 3.8) is 0 Å². The number of hydrogen-bond donors (Lipinski definition) is 4. The molecule has 0 aliphatic rings. The van der Waals surface area contributed by atoms with Gasteiger partial charge in [-0.15, -0.1) is 0 Å². The SMILES string of the molecule is Cc1ccc(C(C#N)c2cc(C)c(NC(=O)c3ccc(O)c(O)c3O)cc2Cl)cc1. The second-order valence-corrected chi connectivity index (χ2v) is 7.35. The molecule has 0 heterocycles. The molecule has 152 valence electrons. The number of carbonyl (C=O) groups is 1. The van der Waals surface area contributed by atoms with Crippen molar-refractivity contribution < 1.29 is 20.1 Å². The quantitative estimate of drug-likeness (QED) is 0.443. The Balaban J connectivity index is 1.93. The maximum absolute atomic E-state index is 12.5. The molecule has 0 aromatic heterocycles. The summed E-state index contributed by atoms with van der Waals surface area (Å²) < 4.78 is 0. The van der Waals surface area contributed by atoms with E-state index in [0.717, 1.165) is 17.2 Å². The van der Waals surface area contributed by atoms with Crippen LogP contribution in [0.3, 0.4) is 0 Å². The third-order valence-corrected chi connectivity index (χ3v) is 5.14. The van der Waals surface area contributed by atoms with Crippen LogP contribution >= 0.6 is 11.6 Å². The van der Waals surface area contributed by atoms with Gasteiger partial charge in [0.15, 0.2) is 11.5 Å². The summed E-state index contributed by atoms with van der Waals surface area (Å²) in [5.74, 6) is -3.30. The summed E-state index contributed by atoms with van der Waals surface area (Å²) in [6.07, 6.45) is 0. The van der Waals surface area contributed by atoms with E-state index in [2.05, 4.69) is 11.4 Å². The van der Waals surface area contributed by atoms with Crippen LogP contribution in [0.1, 0.15) is 38.5 Å². The van der Waals surface area contributed by atoms with Gasteiger partial charge < -0.3 is 20.6 Å². The van der Waals surface area contributed by atoms with Gasteiger partial charge in [0.05, 0.1) is 17.6 Å². The maximum Gasteiger partial charge on any atom is 0.259 e. The first-order valence-corrected chi connectivity index (χ1v) is 9.42. The van der Waals surface area contributed by atoms with Crippen LogP contribution in [0.25, 0.3) is 0 Å². The highest BCUT2D eigenvalue weighted by atomic mass is 35.5. The van der Waals surface area contributed by atoms with E-state index in [-0.39, 0.29) is 5.56 Å². The Labute approximate surface area is 178 Å². The first kappa shape index (κ1) is 21.0. The summed E-state index contributed by atoms with van der Waals surface area (Å²) in [4.78, 5) is 12.5. The fourth-order valence-corrected chi connectivity index (χ4v) is 3.36. The molecule has 3 aromatic carbocycles. The van der Waals surface area contributed by atoms with Gasteiger partial charge in [0.25, 0.3) is 5.91 Å². The van der Waals surface area contributed by atoms with E-state index in [1.807, 2.05) is 31.2 Å². The van der Waals surface area contributed by atoms with Crippen molar-refractivity contribution in [2.45, 2.75) is 19.8 Å². The molecule has 0 spiro atoms. The van der Waals surface area contributed by atoms with Crippen molar-refractivity contribution in [1.29, 1.82) is 5.26 Å². The number of phenolic OH excluding ortho intramolecular Hbond substituents is 3. The predicted octanol–water partition coefficient (Wildman–Crippen LogP) is 4.98. The molecule has 30 heavy (non-hydrogen) atoms. The molecule has 3 rings (SSSR count). The summed E-state index contributed by atoms with van der Waals surface area (Å²) >= 11 is 6.44. The first-order chi connectivity index (χ1) is 14.2. The molecule has 6 nitrogen and oxygen atoms in total. The zero-order valence-corrected chi connectivity index (χ0v) is 17.0. The molecule has 0 bridgehead atoms. The second kappa shape index (κ2) is 8.36. The molecule has 7 heteroatoms. The van der Waals surface area contributed by atoms with E-state index in [4.69, 9.17) is 11.6 Å². The number of phenols is 3. The molecular formula is C23H19ClN2O4. The van der Waals surface area contributed by atoms with Gasteiger partial charge >= 0.3 is 0 Å². The molecule has 1 unspecified atom stereocenters. The number of hydrogen-bond acceptors (Lipinski definition) is 5. The fraction of sp³-hybridized carbons (Fsp3) is 0.130. The van der Waals surface area contributed by atoms with E-state index >= 15 is 0 Å². The number of nitrogens with one attached hydrogen (secondary N) is 1. The topological polar surface area (TPSA) is 114 Å². The number of benzene rings is 3. The van der Waals surface area contributed by atoms with Gasteiger partial charge in [0, 0.05) is 10.7 Å². The number of aromatic hydroxyl groups is 3. The van der Waals surface area contributed by atoms with Crippen molar-refractivity contribution in [3.05, 3.63) is 81.4 Å². The average molecular weight is 423 g/mol. The lowest BCUT2D eigenvalue weighted by molar-refractivity contribution is 0.102. The summed E-state index contributed by atoms with van der Waals surface area (Å²) in [7, 11) is 0. The van der Waals surface area contributed by atoms with Crippen molar-refractivity contribution >= 4 is 23.2 Å². The molecule has 0 radical (unpaired) electrons. The van der Waals surface area contributed by atoms with E-state index < -0.39 is 29.1 Å². The Morgan fingerprint density at radius 2 is 1.70 bits per heavy atom. The maximum atomic E-state index is 12.5. The number of anilines is 1. The summed E-state index contributed by atoms with van der Waals surface area (Å²) in [6.45, 7) is 3.72. The molecule has 3 aromatic rings. The lowest BCUT2D eigenvalue weighted by Crippen LogP contribution is -2.13. The summed E-state index contributed by atoms with van der Waals surface area (Å²) in [6, 6.07) is 15.4. The van der Waals surface area contributed by atoms with Gasteiger partial charge in [0.2, 0.25) is 5.75 Å². The highest BCUT2D eigenvalue weighted by Crippen LogP contribution is 2.38. The number of halogens is 1. The number of aryl methyl sites for hydroxylation is 2. The summed E-state index contributed by atoms with van der Waals surface area (Å²) in [5, 5.41) is 41.6. The second-order valence-electron chi connectivity index (χ2n) is 6.95. The van der Waals surface area contributed by atoms with Crippen LogP contribution in [0.15, 0.2) is 48.5 Å². The van der Waals surface area contributed by atoms with Crippen LogP contribution in [0, 0.1) is 25.2 Å². The standard InChI is InChI=1S/C23H19ClN2O4/c1-12-3-5-14(6-4-12)17(11-25)16-9-13(2)19(10-18(16)24)26-23(30)15-7-8-20(27)22(29)21(15)28/h3-10,17,27-29H,1-2H3,(H,26,30). The Bertz CT molecular complexity index is 1170. The Hall–Kier alpha value is -3.69. The van der Waals surface area contributed by atoms with Gasteiger partial charge in [-0.2, -0.15) is 5.26 Å². The molecule has 1 amide bonds. The van der Waals surface area contributed by atoms with Gasteiger partial charge in [-0.25, -0.2) is 0 Å². The normalized spacial score (nSPS) is 11.5. The Morgan fingerprint density at radius 3 is 2.33 bits per heavy atom. The first-order valence-electron chi connectivity index (χ1n) is 9.04. The van der Waals surface area contributed by atoms with E-state index in [1.165, 1.54) is 6.07 Å². The van der Waals surface area contributed by atoms with Gasteiger partial charge in [-0.1, -0.05) is 47.5 Å². The van der Waals surface area contributed by atoms with Crippen LogP contribution in [0.5, 0.6) is 17.2 Å². The summed E-state index contributed by atoms with van der Waals surface area (Å²) in [5.41, 5.74) is 3.35. The molecule has 0 aliphatic heterocycles. The molecule has 0 saturated carbocycles. The van der Waals surface area contributed by atoms with Crippen molar-refractivity contribution in [2.24, 2.45) is 0 Å². The minimum atomic E-state index is -0.775. The molecule has 4 N–H and O–H groups in total. The highest BCUT2D eigenvalue weighted by Gasteiger charge is 2.21. The van der Waals surface area contributed by atoms with Crippen LogP contribution < -0.4 is 5.32 Å². The number of nitrogens with zero attached hydrogens (tertiary/aromatic N) is 1. The predicted molar refractivity (Wildman–Crippen MR) is 114 cm³/mol. The molecule has 0 fully saturated rings. The molecule has 0 saturated heterocycles. The lowest BCUT2D eigenvalue weighted by atomic mass is 9.90. The van der Waals surface area contributed by atoms with Gasteiger partial charge in [0.1, 0.15) is 0 Å². The fourth-order valence-electron chi connectivity index (χ4n) is 3.08. The molecule has 0 aliphatic carbocycles. The number of nitriles is 1. The lowest BCUT2D eigenvalue weighted by Gasteiger charge is -2.16. The molecule has 1 atom stereocenters. The minimum Gasteiger partial charge on any atom is -0.504 e. The van der Waals surface area contributed by atoms with Crippen LogP contribution in [-0.2, 0) is 0 Å². The van der Waals surface area contributed by atoms with E-state index in [0.29, 0.717) is 21.8 Å². The average Bonchev–Trinajstić information content (AvgIpc) is 2.71. The number of carbonyl (C=O) groups excluding carboxylic acids is 1. The van der Waals surface area contributed by atoms with Crippen LogP contribution in [0.2, 0.25) is 5.02 Å². The zero-order valence-electron chi connectivity index (χ0n) is 16.3. The largest absolute Gasteiger partial charge is 0.504 e. The van der Waals surface area contributed by atoms with Crippen LogP contribution in [0.4, 0.5) is 5.69 Å². The monoisotopic (exact) mass is 422 g/mol. The zero-order chi connectivity index (χ0) is 22.0. The highest BCUT2D eigenvalue weighted by molar-refractivity contribution is 6.32. The smallest absolute Gasteiger partial charge is 0.259 e. The minimum absolute atomic E-state index is 0.209. The molecular weight excluding hydrogens is 404 g/mol. The third-order valence-electron chi connectivity index (χ3n) is 4.82. The number of rotatable bonds is 4. The Kier molecular flexibility index (Phi) is 5.86. The van der Waals surface area contributed by atoms with Crippen molar-refractivity contribution in [3.8, 4) is 23.3 Å². The van der Waals surface area contributed by atoms with Gasteiger partial charge in [-0.05, 0) is 48.7 Å². The van der Waals surface area contributed by atoms with E-state index in [1.54, 1.807) is 19.1 Å².